The molecule has 2 heterocycles. The van der Waals surface area contributed by atoms with Crippen LogP contribution in [0.2, 0.25) is 0 Å². The lowest BCUT2D eigenvalue weighted by Gasteiger charge is -2.15. The van der Waals surface area contributed by atoms with Crippen LogP contribution >= 0.6 is 0 Å². The van der Waals surface area contributed by atoms with Crippen LogP contribution in [0.25, 0.3) is 0 Å². The Balaban J connectivity index is 1.73. The first-order valence-electron chi connectivity index (χ1n) is 7.00. The van der Waals surface area contributed by atoms with Gasteiger partial charge in [0.15, 0.2) is 0 Å². The number of imidazole rings is 1. The predicted molar refractivity (Wildman–Crippen MR) is 75.0 cm³/mol. The van der Waals surface area contributed by atoms with Gasteiger partial charge >= 0.3 is 0 Å². The molecule has 2 aromatic rings. The summed E-state index contributed by atoms with van der Waals surface area (Å²) in [7, 11) is 1.94. The molecule has 0 aliphatic heterocycles. The van der Waals surface area contributed by atoms with Crippen molar-refractivity contribution in [3.63, 3.8) is 0 Å². The van der Waals surface area contributed by atoms with Crippen molar-refractivity contribution in [3.05, 3.63) is 29.8 Å². The molecule has 0 spiro atoms. The molecule has 1 saturated carbocycles. The Hall–Kier alpha value is -1.78. The number of aryl methyl sites for hydroxylation is 2. The van der Waals surface area contributed by atoms with Gasteiger partial charge in [-0.3, -0.25) is 4.68 Å². The summed E-state index contributed by atoms with van der Waals surface area (Å²) in [5.41, 5.74) is 2.12. The van der Waals surface area contributed by atoms with Crippen molar-refractivity contribution in [1.82, 2.24) is 19.3 Å². The molecule has 2 aromatic heterocycles. The molecule has 0 atom stereocenters. The summed E-state index contributed by atoms with van der Waals surface area (Å²) in [5, 5.41) is 7.79. The summed E-state index contributed by atoms with van der Waals surface area (Å²) < 4.78 is 4.14. The SMILES string of the molecule is Cc1cn(C2CCCC2)c(NCc2ccn(C)n2)n1. The van der Waals surface area contributed by atoms with E-state index in [4.69, 9.17) is 0 Å². The summed E-state index contributed by atoms with van der Waals surface area (Å²) in [6.45, 7) is 2.78. The van der Waals surface area contributed by atoms with Crippen molar-refractivity contribution in [3.8, 4) is 0 Å². The monoisotopic (exact) mass is 259 g/mol. The summed E-state index contributed by atoms with van der Waals surface area (Å²) in [5.74, 6) is 0.982. The van der Waals surface area contributed by atoms with Crippen molar-refractivity contribution < 1.29 is 0 Å². The van der Waals surface area contributed by atoms with Gasteiger partial charge in [0.1, 0.15) is 0 Å². The third kappa shape index (κ3) is 2.64. The van der Waals surface area contributed by atoms with Gasteiger partial charge in [-0.25, -0.2) is 4.98 Å². The van der Waals surface area contributed by atoms with E-state index in [1.807, 2.05) is 24.0 Å². The molecule has 0 radical (unpaired) electrons. The zero-order valence-electron chi connectivity index (χ0n) is 11.6. The summed E-state index contributed by atoms with van der Waals surface area (Å²) >= 11 is 0. The molecule has 5 nitrogen and oxygen atoms in total. The van der Waals surface area contributed by atoms with E-state index < -0.39 is 0 Å². The smallest absolute Gasteiger partial charge is 0.203 e. The van der Waals surface area contributed by atoms with Gasteiger partial charge in [-0.2, -0.15) is 5.10 Å². The molecule has 1 N–H and O–H groups in total. The minimum absolute atomic E-state index is 0.618. The summed E-state index contributed by atoms with van der Waals surface area (Å²) in [4.78, 5) is 4.59. The standard InChI is InChI=1S/C14H21N5/c1-11-10-19(13-5-3-4-6-13)14(16-11)15-9-12-7-8-18(2)17-12/h7-8,10,13H,3-6,9H2,1-2H3,(H,15,16). The Morgan fingerprint density at radius 3 is 2.84 bits per heavy atom. The zero-order valence-corrected chi connectivity index (χ0v) is 11.6. The van der Waals surface area contributed by atoms with Gasteiger partial charge in [-0.05, 0) is 25.8 Å². The van der Waals surface area contributed by atoms with Crippen LogP contribution in [0.15, 0.2) is 18.5 Å². The third-order valence-corrected chi connectivity index (χ3v) is 3.77. The lowest BCUT2D eigenvalue weighted by Crippen LogP contribution is -2.11. The lowest BCUT2D eigenvalue weighted by molar-refractivity contribution is 0.522. The number of aromatic nitrogens is 4. The maximum absolute atomic E-state index is 4.59. The molecule has 102 valence electrons. The normalized spacial score (nSPS) is 16.1. The highest BCUT2D eigenvalue weighted by Gasteiger charge is 2.20. The number of rotatable bonds is 4. The fraction of sp³-hybridized carbons (Fsp3) is 0.571. The van der Waals surface area contributed by atoms with Gasteiger partial charge in [-0.1, -0.05) is 12.8 Å². The van der Waals surface area contributed by atoms with Gasteiger partial charge in [0.05, 0.1) is 17.9 Å². The zero-order chi connectivity index (χ0) is 13.2. The number of hydrogen-bond donors (Lipinski definition) is 1. The van der Waals surface area contributed by atoms with Gasteiger partial charge in [0.2, 0.25) is 5.95 Å². The molecule has 0 unspecified atom stereocenters. The molecule has 19 heavy (non-hydrogen) atoms. The Labute approximate surface area is 113 Å². The molecular formula is C14H21N5. The largest absolute Gasteiger partial charge is 0.350 e. The van der Waals surface area contributed by atoms with E-state index in [9.17, 15) is 0 Å². The van der Waals surface area contributed by atoms with E-state index in [1.54, 1.807) is 0 Å². The van der Waals surface area contributed by atoms with Crippen LogP contribution in [-0.2, 0) is 13.6 Å². The molecule has 1 aliphatic carbocycles. The number of nitrogens with one attached hydrogen (secondary N) is 1. The molecule has 0 amide bonds. The second-order valence-corrected chi connectivity index (χ2v) is 5.39. The highest BCUT2D eigenvalue weighted by Crippen LogP contribution is 2.32. The van der Waals surface area contributed by atoms with Gasteiger partial charge in [-0.15, -0.1) is 0 Å². The second-order valence-electron chi connectivity index (χ2n) is 5.39. The van der Waals surface area contributed by atoms with Crippen molar-refractivity contribution in [1.29, 1.82) is 0 Å². The van der Waals surface area contributed by atoms with E-state index in [0.29, 0.717) is 6.04 Å². The second kappa shape index (κ2) is 5.07. The Morgan fingerprint density at radius 2 is 2.16 bits per heavy atom. The molecule has 5 heteroatoms. The first-order chi connectivity index (χ1) is 9.22. The average molecular weight is 259 g/mol. The fourth-order valence-electron chi connectivity index (χ4n) is 2.83. The molecule has 3 rings (SSSR count). The van der Waals surface area contributed by atoms with Crippen LogP contribution in [0.5, 0.6) is 0 Å². The summed E-state index contributed by atoms with van der Waals surface area (Å²) in [6, 6.07) is 2.65. The fourth-order valence-corrected chi connectivity index (χ4v) is 2.83. The molecular weight excluding hydrogens is 238 g/mol. The van der Waals surface area contributed by atoms with Crippen LogP contribution in [0.4, 0.5) is 5.95 Å². The average Bonchev–Trinajstić information content (AvgIpc) is 3.07. The first-order valence-corrected chi connectivity index (χ1v) is 7.00. The minimum Gasteiger partial charge on any atom is -0.350 e. The van der Waals surface area contributed by atoms with Crippen LogP contribution in [-0.4, -0.2) is 19.3 Å². The van der Waals surface area contributed by atoms with E-state index in [1.165, 1.54) is 25.7 Å². The Morgan fingerprint density at radius 1 is 1.37 bits per heavy atom. The van der Waals surface area contributed by atoms with Crippen molar-refractivity contribution in [2.24, 2.45) is 7.05 Å². The molecule has 1 fully saturated rings. The summed E-state index contributed by atoms with van der Waals surface area (Å²) in [6.07, 6.45) is 9.34. The maximum atomic E-state index is 4.59. The number of hydrogen-bond acceptors (Lipinski definition) is 3. The van der Waals surface area contributed by atoms with Crippen molar-refractivity contribution in [2.45, 2.75) is 45.2 Å². The first kappa shape index (κ1) is 12.3. The van der Waals surface area contributed by atoms with Crippen LogP contribution in [0, 0.1) is 6.92 Å². The molecule has 1 aliphatic rings. The topological polar surface area (TPSA) is 47.7 Å². The van der Waals surface area contributed by atoms with Crippen LogP contribution in [0.3, 0.4) is 0 Å². The molecule has 0 saturated heterocycles. The highest BCUT2D eigenvalue weighted by molar-refractivity contribution is 5.30. The van der Waals surface area contributed by atoms with E-state index in [0.717, 1.165) is 23.9 Å². The highest BCUT2D eigenvalue weighted by atomic mass is 15.3. The van der Waals surface area contributed by atoms with Crippen molar-refractivity contribution >= 4 is 5.95 Å². The van der Waals surface area contributed by atoms with Gasteiger partial charge in [0.25, 0.3) is 0 Å². The number of nitrogens with zero attached hydrogens (tertiary/aromatic N) is 4. The van der Waals surface area contributed by atoms with Crippen molar-refractivity contribution in [2.75, 3.05) is 5.32 Å². The quantitative estimate of drug-likeness (QED) is 0.918. The Bertz CT molecular complexity index is 548. The Kier molecular flexibility index (Phi) is 3.27. The van der Waals surface area contributed by atoms with Crippen LogP contribution < -0.4 is 5.32 Å². The lowest BCUT2D eigenvalue weighted by atomic mass is 10.2. The molecule has 0 bridgehead atoms. The van der Waals surface area contributed by atoms with Gasteiger partial charge in [0, 0.05) is 25.5 Å². The van der Waals surface area contributed by atoms with E-state index in [-0.39, 0.29) is 0 Å². The maximum Gasteiger partial charge on any atom is 0.203 e. The predicted octanol–water partition coefficient (Wildman–Crippen LogP) is 2.65. The van der Waals surface area contributed by atoms with E-state index in [2.05, 4.69) is 33.1 Å². The minimum atomic E-state index is 0.618. The molecule has 0 aromatic carbocycles. The third-order valence-electron chi connectivity index (χ3n) is 3.77. The van der Waals surface area contributed by atoms with Crippen LogP contribution in [0.1, 0.15) is 43.1 Å². The number of anilines is 1. The van der Waals surface area contributed by atoms with E-state index >= 15 is 0 Å². The van der Waals surface area contributed by atoms with Gasteiger partial charge < -0.3 is 9.88 Å².